The van der Waals surface area contributed by atoms with Gasteiger partial charge in [0.15, 0.2) is 0 Å². The van der Waals surface area contributed by atoms with E-state index < -0.39 is 0 Å². The molecule has 1 aromatic rings. The number of nitrogens with one attached hydrogen (secondary N) is 1. The van der Waals surface area contributed by atoms with E-state index in [0.717, 1.165) is 31.9 Å². The Bertz CT molecular complexity index is 351. The van der Waals surface area contributed by atoms with E-state index in [9.17, 15) is 0 Å². The molecule has 1 aliphatic rings. The molecule has 1 saturated heterocycles. The third kappa shape index (κ3) is 4.29. The largest absolute Gasteiger partial charge is 0.494 e. The van der Waals surface area contributed by atoms with Crippen LogP contribution < -0.4 is 10.1 Å². The van der Waals surface area contributed by atoms with Crippen LogP contribution in [0.5, 0.6) is 5.75 Å². The monoisotopic (exact) mass is 251 g/mol. The first-order valence-electron chi connectivity index (χ1n) is 6.50. The van der Waals surface area contributed by atoms with Crippen LogP contribution in [0.25, 0.3) is 0 Å². The lowest BCUT2D eigenvalue weighted by atomic mass is 10.2. The summed E-state index contributed by atoms with van der Waals surface area (Å²) < 4.78 is 16.1. The van der Waals surface area contributed by atoms with E-state index in [4.69, 9.17) is 14.2 Å². The number of rotatable bonds is 6. The zero-order valence-electron chi connectivity index (χ0n) is 10.9. The van der Waals surface area contributed by atoms with Crippen LogP contribution in [0.15, 0.2) is 24.3 Å². The van der Waals surface area contributed by atoms with Crippen LogP contribution in [0.1, 0.15) is 18.9 Å². The van der Waals surface area contributed by atoms with Gasteiger partial charge in [-0.15, -0.1) is 0 Å². The van der Waals surface area contributed by atoms with E-state index in [1.165, 1.54) is 5.56 Å². The Morgan fingerprint density at radius 3 is 3.17 bits per heavy atom. The van der Waals surface area contributed by atoms with Crippen LogP contribution in [0.3, 0.4) is 0 Å². The molecule has 4 heteroatoms. The van der Waals surface area contributed by atoms with Crippen molar-refractivity contribution in [3.63, 3.8) is 0 Å². The molecule has 4 nitrogen and oxygen atoms in total. The average molecular weight is 251 g/mol. The van der Waals surface area contributed by atoms with Crippen molar-refractivity contribution in [2.24, 2.45) is 0 Å². The fraction of sp³-hybridized carbons (Fsp3) is 0.571. The van der Waals surface area contributed by atoms with Gasteiger partial charge in [-0.1, -0.05) is 12.1 Å². The molecule has 0 bridgehead atoms. The van der Waals surface area contributed by atoms with E-state index in [1.807, 2.05) is 19.1 Å². The molecule has 0 amide bonds. The molecule has 1 aliphatic heterocycles. The number of hydrogen-bond acceptors (Lipinski definition) is 4. The Labute approximate surface area is 108 Å². The summed E-state index contributed by atoms with van der Waals surface area (Å²) in [6, 6.07) is 8.17. The summed E-state index contributed by atoms with van der Waals surface area (Å²) in [6.07, 6.45) is 1.24. The van der Waals surface area contributed by atoms with E-state index in [1.54, 1.807) is 0 Å². The smallest absolute Gasteiger partial charge is 0.147 e. The molecule has 0 aliphatic carbocycles. The van der Waals surface area contributed by atoms with Gasteiger partial charge in [-0.05, 0) is 31.0 Å². The maximum Gasteiger partial charge on any atom is 0.147 e. The molecule has 0 radical (unpaired) electrons. The third-order valence-electron chi connectivity index (χ3n) is 2.88. The molecular weight excluding hydrogens is 230 g/mol. The molecule has 2 rings (SSSR count). The lowest BCUT2D eigenvalue weighted by Crippen LogP contribution is -2.33. The fourth-order valence-corrected chi connectivity index (χ4v) is 1.95. The maximum atomic E-state index is 5.47. The molecule has 1 fully saturated rings. The first-order valence-corrected chi connectivity index (χ1v) is 6.50. The SMILES string of the molecule is CCOc1cccc(CNCC2CCOCO2)c1. The van der Waals surface area contributed by atoms with Crippen molar-refractivity contribution in [1.29, 1.82) is 0 Å². The highest BCUT2D eigenvalue weighted by Crippen LogP contribution is 2.13. The van der Waals surface area contributed by atoms with Crippen molar-refractivity contribution in [3.05, 3.63) is 29.8 Å². The second kappa shape index (κ2) is 7.36. The first kappa shape index (κ1) is 13.3. The molecule has 1 heterocycles. The lowest BCUT2D eigenvalue weighted by molar-refractivity contribution is -0.137. The van der Waals surface area contributed by atoms with Crippen LogP contribution in [-0.4, -0.2) is 32.7 Å². The van der Waals surface area contributed by atoms with Crippen LogP contribution in [0, 0.1) is 0 Å². The predicted octanol–water partition coefficient (Wildman–Crippen LogP) is 1.94. The summed E-state index contributed by atoms with van der Waals surface area (Å²) in [6.45, 7) is 5.61. The first-order chi connectivity index (χ1) is 8.88. The third-order valence-corrected chi connectivity index (χ3v) is 2.88. The highest BCUT2D eigenvalue weighted by atomic mass is 16.7. The molecule has 1 atom stereocenters. The highest BCUT2D eigenvalue weighted by Gasteiger charge is 2.13. The summed E-state index contributed by atoms with van der Waals surface area (Å²) in [7, 11) is 0. The van der Waals surface area contributed by atoms with Gasteiger partial charge in [-0.3, -0.25) is 0 Å². The van der Waals surface area contributed by atoms with Crippen molar-refractivity contribution in [3.8, 4) is 5.75 Å². The molecule has 0 saturated carbocycles. The van der Waals surface area contributed by atoms with Crippen molar-refractivity contribution < 1.29 is 14.2 Å². The van der Waals surface area contributed by atoms with Crippen molar-refractivity contribution in [2.75, 3.05) is 26.6 Å². The zero-order valence-corrected chi connectivity index (χ0v) is 10.9. The topological polar surface area (TPSA) is 39.7 Å². The second-order valence-corrected chi connectivity index (χ2v) is 4.31. The van der Waals surface area contributed by atoms with Crippen molar-refractivity contribution in [2.45, 2.75) is 26.0 Å². The minimum Gasteiger partial charge on any atom is -0.494 e. The van der Waals surface area contributed by atoms with Gasteiger partial charge in [0, 0.05) is 13.1 Å². The van der Waals surface area contributed by atoms with Gasteiger partial charge < -0.3 is 19.5 Å². The van der Waals surface area contributed by atoms with Crippen LogP contribution in [0.2, 0.25) is 0 Å². The molecular formula is C14H21NO3. The van der Waals surface area contributed by atoms with E-state index in [2.05, 4.69) is 17.4 Å². The van der Waals surface area contributed by atoms with Gasteiger partial charge in [0.05, 0.1) is 19.3 Å². The van der Waals surface area contributed by atoms with Gasteiger partial charge in [0.1, 0.15) is 12.5 Å². The van der Waals surface area contributed by atoms with Crippen LogP contribution in [-0.2, 0) is 16.0 Å². The number of hydrogen-bond donors (Lipinski definition) is 1. The normalized spacial score (nSPS) is 19.7. The molecule has 0 spiro atoms. The Hall–Kier alpha value is -1.10. The van der Waals surface area contributed by atoms with Gasteiger partial charge in [-0.2, -0.15) is 0 Å². The van der Waals surface area contributed by atoms with E-state index in [0.29, 0.717) is 13.4 Å². The van der Waals surface area contributed by atoms with Crippen LogP contribution >= 0.6 is 0 Å². The lowest BCUT2D eigenvalue weighted by Gasteiger charge is -2.23. The number of ether oxygens (including phenoxy) is 3. The Kier molecular flexibility index (Phi) is 5.45. The summed E-state index contributed by atoms with van der Waals surface area (Å²) >= 11 is 0. The summed E-state index contributed by atoms with van der Waals surface area (Å²) in [5.74, 6) is 0.930. The maximum absolute atomic E-state index is 5.47. The second-order valence-electron chi connectivity index (χ2n) is 4.31. The van der Waals surface area contributed by atoms with Crippen LogP contribution in [0.4, 0.5) is 0 Å². The summed E-state index contributed by atoms with van der Waals surface area (Å²) in [5.41, 5.74) is 1.23. The van der Waals surface area contributed by atoms with Gasteiger partial charge in [0.25, 0.3) is 0 Å². The zero-order chi connectivity index (χ0) is 12.6. The molecule has 1 N–H and O–H groups in total. The van der Waals surface area contributed by atoms with Crippen molar-refractivity contribution in [1.82, 2.24) is 5.32 Å². The van der Waals surface area contributed by atoms with Gasteiger partial charge in [-0.25, -0.2) is 0 Å². The quantitative estimate of drug-likeness (QED) is 0.838. The van der Waals surface area contributed by atoms with Gasteiger partial charge in [0.2, 0.25) is 0 Å². The molecule has 0 aromatic heterocycles. The Morgan fingerprint density at radius 1 is 1.44 bits per heavy atom. The number of benzene rings is 1. The summed E-state index contributed by atoms with van der Waals surface area (Å²) in [5, 5.41) is 3.40. The van der Waals surface area contributed by atoms with Gasteiger partial charge >= 0.3 is 0 Å². The highest BCUT2D eigenvalue weighted by molar-refractivity contribution is 5.28. The fourth-order valence-electron chi connectivity index (χ4n) is 1.95. The van der Waals surface area contributed by atoms with E-state index >= 15 is 0 Å². The average Bonchev–Trinajstić information content (AvgIpc) is 2.41. The molecule has 100 valence electrons. The molecule has 18 heavy (non-hydrogen) atoms. The minimum absolute atomic E-state index is 0.272. The Morgan fingerprint density at radius 2 is 2.39 bits per heavy atom. The minimum atomic E-state index is 0.272. The molecule has 1 aromatic carbocycles. The predicted molar refractivity (Wildman–Crippen MR) is 69.6 cm³/mol. The summed E-state index contributed by atoms with van der Waals surface area (Å²) in [4.78, 5) is 0. The van der Waals surface area contributed by atoms with E-state index in [-0.39, 0.29) is 6.10 Å². The van der Waals surface area contributed by atoms with Crippen molar-refractivity contribution >= 4 is 0 Å². The Balaban J connectivity index is 1.73. The molecule has 1 unspecified atom stereocenters. The standard InChI is InChI=1S/C14H21NO3/c1-2-17-13-5-3-4-12(8-13)9-15-10-14-6-7-16-11-18-14/h3-5,8,14-15H,2,6-7,9-11H2,1H3.